The van der Waals surface area contributed by atoms with Crippen molar-refractivity contribution in [2.45, 2.75) is 27.2 Å². The zero-order valence-corrected chi connectivity index (χ0v) is 9.20. The van der Waals surface area contributed by atoms with Gasteiger partial charge in [-0.25, -0.2) is 4.79 Å². The summed E-state index contributed by atoms with van der Waals surface area (Å²) in [6.45, 7) is 6.09. The molecular weight excluding hydrogens is 184 g/mol. The lowest BCUT2D eigenvalue weighted by Crippen LogP contribution is -2.23. The predicted octanol–water partition coefficient (Wildman–Crippen LogP) is 2.55. The van der Waals surface area contributed by atoms with E-state index in [0.29, 0.717) is 5.57 Å². The highest BCUT2D eigenvalue weighted by molar-refractivity contribution is 7.99. The van der Waals surface area contributed by atoms with Gasteiger partial charge in [-0.3, -0.25) is 0 Å². The van der Waals surface area contributed by atoms with Gasteiger partial charge in [0.15, 0.2) is 0 Å². The first-order valence-electron chi connectivity index (χ1n) is 4.42. The Morgan fingerprint density at radius 1 is 1.54 bits per heavy atom. The largest absolute Gasteiger partial charge is 0.478 e. The summed E-state index contributed by atoms with van der Waals surface area (Å²) in [6.07, 6.45) is 0.929. The quantitative estimate of drug-likeness (QED) is 0.661. The Morgan fingerprint density at radius 2 is 2.15 bits per heavy atom. The summed E-state index contributed by atoms with van der Waals surface area (Å²) >= 11 is 1.83. The van der Waals surface area contributed by atoms with Gasteiger partial charge in [-0.1, -0.05) is 13.8 Å². The van der Waals surface area contributed by atoms with Gasteiger partial charge in [-0.05, 0) is 30.1 Å². The van der Waals surface area contributed by atoms with Gasteiger partial charge in [0, 0.05) is 11.3 Å². The average molecular weight is 200 g/mol. The van der Waals surface area contributed by atoms with Crippen molar-refractivity contribution in [3.8, 4) is 0 Å². The molecule has 0 aromatic heterocycles. The Morgan fingerprint density at radius 3 is 2.62 bits per heavy atom. The molecule has 74 valence electrons. The Hall–Kier alpha value is -0.440. The van der Waals surface area contributed by atoms with Crippen molar-refractivity contribution < 1.29 is 9.90 Å². The fourth-order valence-electron chi connectivity index (χ4n) is 1.52. The van der Waals surface area contributed by atoms with Crippen molar-refractivity contribution in [1.29, 1.82) is 0 Å². The number of carboxylic acids is 1. The molecule has 1 rings (SSSR count). The lowest BCUT2D eigenvalue weighted by atomic mass is 9.86. The van der Waals surface area contributed by atoms with E-state index in [4.69, 9.17) is 5.11 Å². The number of rotatable bonds is 1. The van der Waals surface area contributed by atoms with Crippen LogP contribution in [0.4, 0.5) is 0 Å². The number of hydrogen-bond acceptors (Lipinski definition) is 2. The average Bonchev–Trinajstić information content (AvgIpc) is 2.01. The zero-order chi connectivity index (χ0) is 10.1. The molecule has 0 saturated carbocycles. The maximum absolute atomic E-state index is 10.7. The van der Waals surface area contributed by atoms with Crippen LogP contribution in [0.2, 0.25) is 0 Å². The van der Waals surface area contributed by atoms with Crippen LogP contribution in [0.5, 0.6) is 0 Å². The van der Waals surface area contributed by atoms with Crippen LogP contribution in [-0.4, -0.2) is 22.6 Å². The van der Waals surface area contributed by atoms with Gasteiger partial charge in [-0.15, -0.1) is 0 Å². The maximum atomic E-state index is 10.7. The standard InChI is InChI=1S/C10H16O2S/c1-7(9(11)12)8-4-10(2,3)6-13-5-8/h4-6H2,1-3H3,(H,11,12). The number of aliphatic carboxylic acids is 1. The van der Waals surface area contributed by atoms with Crippen molar-refractivity contribution >= 4 is 17.7 Å². The second-order valence-electron chi connectivity index (χ2n) is 4.37. The first-order valence-corrected chi connectivity index (χ1v) is 5.57. The molecule has 1 fully saturated rings. The molecule has 3 heteroatoms. The van der Waals surface area contributed by atoms with Crippen LogP contribution in [-0.2, 0) is 4.79 Å². The lowest BCUT2D eigenvalue weighted by Gasteiger charge is -2.31. The van der Waals surface area contributed by atoms with Crippen LogP contribution < -0.4 is 0 Å². The zero-order valence-electron chi connectivity index (χ0n) is 8.39. The molecule has 2 nitrogen and oxygen atoms in total. The van der Waals surface area contributed by atoms with E-state index in [1.165, 1.54) is 0 Å². The van der Waals surface area contributed by atoms with Gasteiger partial charge < -0.3 is 5.11 Å². The first kappa shape index (κ1) is 10.6. The number of thioether (sulfide) groups is 1. The summed E-state index contributed by atoms with van der Waals surface area (Å²) in [5.74, 6) is 1.25. The third kappa shape index (κ3) is 2.76. The minimum absolute atomic E-state index is 0.259. The van der Waals surface area contributed by atoms with Crippen LogP contribution in [0.1, 0.15) is 27.2 Å². The monoisotopic (exact) mass is 200 g/mol. The molecule has 0 bridgehead atoms. The molecule has 0 radical (unpaired) electrons. The lowest BCUT2D eigenvalue weighted by molar-refractivity contribution is -0.132. The van der Waals surface area contributed by atoms with Crippen molar-refractivity contribution in [3.05, 3.63) is 11.1 Å². The molecule has 0 unspecified atom stereocenters. The SMILES string of the molecule is CC(C(=O)O)=C1CSCC(C)(C)C1. The summed E-state index contributed by atoms with van der Waals surface area (Å²) in [5.41, 5.74) is 1.91. The number of carboxylic acid groups (broad SMARTS) is 1. The third-order valence-corrected chi connectivity index (χ3v) is 3.85. The van der Waals surface area contributed by atoms with E-state index < -0.39 is 5.97 Å². The summed E-state index contributed by atoms with van der Waals surface area (Å²) in [5, 5.41) is 8.84. The van der Waals surface area contributed by atoms with Crippen molar-refractivity contribution in [2.75, 3.05) is 11.5 Å². The highest BCUT2D eigenvalue weighted by Gasteiger charge is 2.26. The summed E-state index contributed by atoms with van der Waals surface area (Å²) in [4.78, 5) is 10.7. The Balaban J connectivity index is 2.82. The summed E-state index contributed by atoms with van der Waals surface area (Å²) in [7, 11) is 0. The fourth-order valence-corrected chi connectivity index (χ4v) is 2.84. The van der Waals surface area contributed by atoms with E-state index in [1.807, 2.05) is 11.8 Å². The molecule has 0 atom stereocenters. The van der Waals surface area contributed by atoms with Crippen LogP contribution in [0, 0.1) is 5.41 Å². The fraction of sp³-hybridized carbons (Fsp3) is 0.700. The van der Waals surface area contributed by atoms with Gasteiger partial charge in [0.1, 0.15) is 0 Å². The van der Waals surface area contributed by atoms with Gasteiger partial charge in [-0.2, -0.15) is 11.8 Å². The maximum Gasteiger partial charge on any atom is 0.331 e. The van der Waals surface area contributed by atoms with Crippen molar-refractivity contribution in [3.63, 3.8) is 0 Å². The second kappa shape index (κ2) is 3.74. The summed E-state index contributed by atoms with van der Waals surface area (Å²) in [6, 6.07) is 0. The van der Waals surface area contributed by atoms with E-state index in [1.54, 1.807) is 6.92 Å². The van der Waals surface area contributed by atoms with Gasteiger partial charge in [0.25, 0.3) is 0 Å². The molecule has 1 aliphatic rings. The number of hydrogen-bond donors (Lipinski definition) is 1. The normalized spacial score (nSPS) is 25.5. The highest BCUT2D eigenvalue weighted by atomic mass is 32.2. The molecule has 0 spiro atoms. The molecule has 0 aliphatic carbocycles. The highest BCUT2D eigenvalue weighted by Crippen LogP contribution is 2.37. The Kier molecular flexibility index (Phi) is 3.06. The van der Waals surface area contributed by atoms with E-state index in [0.717, 1.165) is 23.5 Å². The van der Waals surface area contributed by atoms with E-state index in [9.17, 15) is 4.79 Å². The molecule has 1 heterocycles. The third-order valence-electron chi connectivity index (χ3n) is 2.31. The van der Waals surface area contributed by atoms with Gasteiger partial charge in [0.05, 0.1) is 0 Å². The van der Waals surface area contributed by atoms with Crippen molar-refractivity contribution in [1.82, 2.24) is 0 Å². The molecular formula is C10H16O2S. The molecule has 0 amide bonds. The number of carbonyl (C=O) groups is 1. The van der Waals surface area contributed by atoms with Crippen LogP contribution >= 0.6 is 11.8 Å². The minimum atomic E-state index is -0.770. The van der Waals surface area contributed by atoms with Crippen molar-refractivity contribution in [2.24, 2.45) is 5.41 Å². The van der Waals surface area contributed by atoms with Crippen LogP contribution in [0.15, 0.2) is 11.1 Å². The van der Waals surface area contributed by atoms with Gasteiger partial charge in [0.2, 0.25) is 0 Å². The minimum Gasteiger partial charge on any atom is -0.478 e. The topological polar surface area (TPSA) is 37.3 Å². The van der Waals surface area contributed by atoms with E-state index >= 15 is 0 Å². The van der Waals surface area contributed by atoms with Gasteiger partial charge >= 0.3 is 5.97 Å². The molecule has 1 aliphatic heterocycles. The smallest absolute Gasteiger partial charge is 0.331 e. The molecule has 0 aromatic carbocycles. The van der Waals surface area contributed by atoms with E-state index in [2.05, 4.69) is 13.8 Å². The summed E-state index contributed by atoms with van der Waals surface area (Å²) < 4.78 is 0. The second-order valence-corrected chi connectivity index (χ2v) is 5.35. The molecule has 13 heavy (non-hydrogen) atoms. The van der Waals surface area contributed by atoms with Crippen LogP contribution in [0.3, 0.4) is 0 Å². The first-order chi connectivity index (χ1) is 5.92. The molecule has 1 N–H and O–H groups in total. The Bertz CT molecular complexity index is 254. The molecule has 0 aromatic rings. The Labute approximate surface area is 83.4 Å². The van der Waals surface area contributed by atoms with Crippen LogP contribution in [0.25, 0.3) is 0 Å². The predicted molar refractivity (Wildman–Crippen MR) is 56.1 cm³/mol. The van der Waals surface area contributed by atoms with E-state index in [-0.39, 0.29) is 5.41 Å². The molecule has 1 saturated heterocycles.